The lowest BCUT2D eigenvalue weighted by Crippen LogP contribution is -2.47. The highest BCUT2D eigenvalue weighted by atomic mass is 19.4. The van der Waals surface area contributed by atoms with Gasteiger partial charge in [-0.25, -0.2) is 23.2 Å². The molecule has 3 aromatic rings. The summed E-state index contributed by atoms with van der Waals surface area (Å²) in [7, 11) is 0. The highest BCUT2D eigenvalue weighted by molar-refractivity contribution is 6.38. The number of aliphatic carboxylic acids is 1. The average Bonchev–Trinajstić information content (AvgIpc) is 3.65. The van der Waals surface area contributed by atoms with Gasteiger partial charge in [0, 0.05) is 51.3 Å². The maximum absolute atomic E-state index is 13.7. The second-order valence-electron chi connectivity index (χ2n) is 10.9. The van der Waals surface area contributed by atoms with Gasteiger partial charge in [0.25, 0.3) is 11.8 Å². The SMILES string of the molecule is NC(=O)C(=O)C(Cc1ccccc1)NC(=O)c1cccnc1-n1ccc(CN2CC3CC(F)(F)CC3C2)n1.O=C(O)C(F)(F)F. The van der Waals surface area contributed by atoms with E-state index in [1.54, 1.807) is 48.7 Å². The van der Waals surface area contributed by atoms with Gasteiger partial charge in [-0.3, -0.25) is 19.3 Å². The Hall–Kier alpha value is -4.73. The van der Waals surface area contributed by atoms with Crippen molar-refractivity contribution in [2.75, 3.05) is 13.1 Å². The first-order valence-electron chi connectivity index (χ1n) is 13.7. The van der Waals surface area contributed by atoms with E-state index in [9.17, 15) is 36.3 Å². The number of carbonyl (C=O) groups is 4. The number of benzene rings is 1. The van der Waals surface area contributed by atoms with E-state index in [0.717, 1.165) is 11.3 Å². The van der Waals surface area contributed by atoms with Gasteiger partial charge in [0.05, 0.1) is 11.3 Å². The summed E-state index contributed by atoms with van der Waals surface area (Å²) in [6.45, 7) is 1.73. The summed E-state index contributed by atoms with van der Waals surface area (Å²) >= 11 is 0. The quantitative estimate of drug-likeness (QED) is 0.239. The number of rotatable bonds is 9. The molecule has 4 N–H and O–H groups in total. The molecule has 11 nitrogen and oxygen atoms in total. The number of nitrogens with one attached hydrogen (secondary N) is 1. The summed E-state index contributed by atoms with van der Waals surface area (Å²) in [5.41, 5.74) is 6.87. The normalized spacial score (nSPS) is 19.6. The van der Waals surface area contributed by atoms with Crippen molar-refractivity contribution in [2.24, 2.45) is 17.6 Å². The van der Waals surface area contributed by atoms with Gasteiger partial charge in [-0.1, -0.05) is 30.3 Å². The summed E-state index contributed by atoms with van der Waals surface area (Å²) in [6.07, 6.45) is -1.91. The van der Waals surface area contributed by atoms with Crippen molar-refractivity contribution in [1.29, 1.82) is 0 Å². The van der Waals surface area contributed by atoms with E-state index in [2.05, 4.69) is 20.3 Å². The number of carbonyl (C=O) groups excluding carboxylic acids is 3. The Kier molecular flexibility index (Phi) is 9.95. The molecule has 16 heteroatoms. The topological polar surface area (TPSA) is 161 Å². The molecule has 2 aromatic heterocycles. The number of Topliss-reactive ketones (excluding diaryl/α,β-unsaturated/α-hetero) is 1. The van der Waals surface area contributed by atoms with Crippen LogP contribution in [0.3, 0.4) is 0 Å². The monoisotopic (exact) mass is 636 g/mol. The van der Waals surface area contributed by atoms with Gasteiger partial charge in [0.1, 0.15) is 6.04 Å². The number of ketones is 1. The molecular formula is C29H29F5N6O5. The number of nitrogens with zero attached hydrogens (tertiary/aromatic N) is 4. The van der Waals surface area contributed by atoms with E-state index in [-0.39, 0.29) is 42.5 Å². The number of hydrogen-bond acceptors (Lipinski definition) is 7. The van der Waals surface area contributed by atoms with E-state index >= 15 is 0 Å². The molecule has 0 spiro atoms. The second kappa shape index (κ2) is 13.5. The molecule has 2 fully saturated rings. The minimum atomic E-state index is -5.08. The Balaban J connectivity index is 0.000000591. The van der Waals surface area contributed by atoms with Crippen molar-refractivity contribution in [3.8, 4) is 5.82 Å². The molecule has 3 atom stereocenters. The first kappa shape index (κ1) is 33.2. The number of likely N-dealkylation sites (tertiary alicyclic amines) is 1. The van der Waals surface area contributed by atoms with Crippen LogP contribution in [0.2, 0.25) is 0 Å². The predicted octanol–water partition coefficient (Wildman–Crippen LogP) is 2.77. The average molecular weight is 637 g/mol. The maximum atomic E-state index is 13.7. The summed E-state index contributed by atoms with van der Waals surface area (Å²) in [5, 5.41) is 14.3. The fourth-order valence-electron chi connectivity index (χ4n) is 5.49. The zero-order valence-corrected chi connectivity index (χ0v) is 23.6. The highest BCUT2D eigenvalue weighted by Gasteiger charge is 2.50. The zero-order valence-electron chi connectivity index (χ0n) is 23.6. The van der Waals surface area contributed by atoms with E-state index in [0.29, 0.717) is 19.6 Å². The summed E-state index contributed by atoms with van der Waals surface area (Å²) in [5.74, 6) is -7.69. The zero-order chi connectivity index (χ0) is 32.9. The number of hydrogen-bond donors (Lipinski definition) is 3. The fraction of sp³-hybridized carbons (Fsp3) is 0.379. The van der Waals surface area contributed by atoms with Crippen molar-refractivity contribution in [3.63, 3.8) is 0 Å². The molecule has 0 bridgehead atoms. The van der Waals surface area contributed by atoms with Crippen LogP contribution in [0.4, 0.5) is 22.0 Å². The third-order valence-corrected chi connectivity index (χ3v) is 7.44. The molecule has 1 aromatic carbocycles. The van der Waals surface area contributed by atoms with Crippen LogP contribution in [0.1, 0.15) is 34.5 Å². The molecule has 3 unspecified atom stereocenters. The minimum Gasteiger partial charge on any atom is -0.475 e. The third-order valence-electron chi connectivity index (χ3n) is 7.44. The van der Waals surface area contributed by atoms with E-state index < -0.39 is 41.7 Å². The molecule has 1 saturated heterocycles. The summed E-state index contributed by atoms with van der Waals surface area (Å²) in [6, 6.07) is 12.8. The second-order valence-corrected chi connectivity index (χ2v) is 10.9. The molecule has 3 heterocycles. The molecule has 2 aliphatic rings. The first-order valence-corrected chi connectivity index (χ1v) is 13.7. The van der Waals surface area contributed by atoms with Gasteiger partial charge in [0.15, 0.2) is 5.82 Å². The summed E-state index contributed by atoms with van der Waals surface area (Å²) in [4.78, 5) is 52.7. The Morgan fingerprint density at radius 1 is 1.02 bits per heavy atom. The molecule has 45 heavy (non-hydrogen) atoms. The molecule has 1 aliphatic heterocycles. The largest absolute Gasteiger partial charge is 0.490 e. The number of carboxylic acid groups (broad SMARTS) is 1. The Bertz CT molecular complexity index is 1530. The third kappa shape index (κ3) is 8.68. The van der Waals surface area contributed by atoms with Gasteiger partial charge >= 0.3 is 12.1 Å². The number of amides is 2. The van der Waals surface area contributed by atoms with Crippen molar-refractivity contribution < 1.29 is 46.2 Å². The van der Waals surface area contributed by atoms with E-state index in [4.69, 9.17) is 15.6 Å². The van der Waals surface area contributed by atoms with Gasteiger partial charge in [-0.15, -0.1) is 0 Å². The lowest BCUT2D eigenvalue weighted by Gasteiger charge is -2.18. The van der Waals surface area contributed by atoms with E-state index in [1.165, 1.54) is 10.9 Å². The number of carboxylic acids is 1. The highest BCUT2D eigenvalue weighted by Crippen LogP contribution is 2.46. The van der Waals surface area contributed by atoms with Crippen LogP contribution in [0.5, 0.6) is 0 Å². The number of halogens is 5. The lowest BCUT2D eigenvalue weighted by atomic mass is 10.0. The first-order chi connectivity index (χ1) is 21.1. The molecule has 2 amide bonds. The van der Waals surface area contributed by atoms with Gasteiger partial charge in [-0.2, -0.15) is 18.3 Å². The number of alkyl halides is 5. The number of pyridine rings is 1. The molecule has 5 rings (SSSR count). The number of aromatic nitrogens is 3. The van der Waals surface area contributed by atoms with Crippen LogP contribution in [-0.4, -0.2) is 79.6 Å². The van der Waals surface area contributed by atoms with E-state index in [1.807, 2.05) is 6.07 Å². The minimum absolute atomic E-state index is 0.00474. The number of primary amides is 1. The fourth-order valence-corrected chi connectivity index (χ4v) is 5.49. The maximum Gasteiger partial charge on any atom is 0.490 e. The lowest BCUT2D eigenvalue weighted by molar-refractivity contribution is -0.192. The number of fused-ring (bicyclic) bond motifs is 1. The van der Waals surface area contributed by atoms with Crippen LogP contribution in [0, 0.1) is 11.8 Å². The molecular weight excluding hydrogens is 607 g/mol. The van der Waals surface area contributed by atoms with Gasteiger partial charge in [-0.05, 0) is 35.6 Å². The smallest absolute Gasteiger partial charge is 0.475 e. The Labute approximate surface area is 253 Å². The molecule has 1 aliphatic carbocycles. The standard InChI is InChI=1S/C27H28F2N6O3.C2HF3O2/c28-27(29)12-18-14-34(15-19(18)13-27)16-20-8-10-35(33-20)25-21(7-4-9-31-25)26(38)32-22(23(36)24(30)37)11-17-5-2-1-3-6-17;3-2(4,5)1(6)7/h1-10,18-19,22H,11-16H2,(H2,30,37)(H,32,38);(H,6,7). The van der Waals surface area contributed by atoms with Crippen molar-refractivity contribution in [3.05, 3.63) is 77.7 Å². The number of nitrogens with two attached hydrogens (primary N) is 1. The summed E-state index contributed by atoms with van der Waals surface area (Å²) < 4.78 is 60.5. The molecule has 1 saturated carbocycles. The van der Waals surface area contributed by atoms with Gasteiger partial charge in [0.2, 0.25) is 11.7 Å². The Morgan fingerprint density at radius 3 is 2.22 bits per heavy atom. The molecule has 240 valence electrons. The predicted molar refractivity (Wildman–Crippen MR) is 147 cm³/mol. The van der Waals surface area contributed by atoms with Gasteiger partial charge < -0.3 is 16.2 Å². The van der Waals surface area contributed by atoms with Crippen LogP contribution >= 0.6 is 0 Å². The van der Waals surface area contributed by atoms with Crippen LogP contribution in [-0.2, 0) is 27.3 Å². The molecule has 0 radical (unpaired) electrons. The van der Waals surface area contributed by atoms with Crippen LogP contribution in [0.25, 0.3) is 5.82 Å². The van der Waals surface area contributed by atoms with Crippen molar-refractivity contribution in [2.45, 2.75) is 43.9 Å². The Morgan fingerprint density at radius 2 is 1.64 bits per heavy atom. The van der Waals surface area contributed by atoms with Crippen LogP contribution in [0.15, 0.2) is 60.9 Å². The van der Waals surface area contributed by atoms with Crippen molar-refractivity contribution in [1.82, 2.24) is 25.0 Å². The van der Waals surface area contributed by atoms with Crippen molar-refractivity contribution >= 4 is 23.6 Å². The van der Waals surface area contributed by atoms with Crippen LogP contribution < -0.4 is 11.1 Å².